The van der Waals surface area contributed by atoms with Gasteiger partial charge in [0.15, 0.2) is 12.4 Å². The first-order valence-corrected chi connectivity index (χ1v) is 8.47. The Morgan fingerprint density at radius 1 is 1.00 bits per heavy atom. The van der Waals surface area contributed by atoms with Crippen LogP contribution in [0, 0.1) is 0 Å². The Kier molecular flexibility index (Phi) is 7.31. The Hall–Kier alpha value is -3.41. The molecule has 0 heterocycles. The van der Waals surface area contributed by atoms with Crippen LogP contribution in [-0.2, 0) is 14.3 Å². The van der Waals surface area contributed by atoms with Crippen molar-refractivity contribution in [3.63, 3.8) is 0 Å². The van der Waals surface area contributed by atoms with Gasteiger partial charge in [-0.3, -0.25) is 9.59 Å². The first-order chi connectivity index (χ1) is 13.0. The Morgan fingerprint density at radius 3 is 2.26 bits per heavy atom. The molecule has 2 aromatic rings. The minimum atomic E-state index is -0.784. The van der Waals surface area contributed by atoms with Crippen LogP contribution in [0.25, 0.3) is 6.08 Å². The van der Waals surface area contributed by atoms with Crippen molar-refractivity contribution in [1.82, 2.24) is 5.32 Å². The van der Waals surface area contributed by atoms with E-state index in [1.165, 1.54) is 13.0 Å². The minimum Gasteiger partial charge on any atom is -0.494 e. The van der Waals surface area contributed by atoms with Crippen molar-refractivity contribution < 1.29 is 23.9 Å². The largest absolute Gasteiger partial charge is 0.494 e. The van der Waals surface area contributed by atoms with Crippen molar-refractivity contribution in [1.29, 1.82) is 0 Å². The molecule has 0 saturated carbocycles. The molecule has 0 unspecified atom stereocenters. The molecule has 1 N–H and O–H groups in total. The minimum absolute atomic E-state index is 0.0341. The van der Waals surface area contributed by atoms with Crippen LogP contribution in [0.5, 0.6) is 5.75 Å². The van der Waals surface area contributed by atoms with Crippen LogP contribution in [0.15, 0.2) is 60.3 Å². The Bertz CT molecular complexity index is 825. The summed E-state index contributed by atoms with van der Waals surface area (Å²) in [5.41, 5.74) is 1.09. The van der Waals surface area contributed by atoms with Crippen LogP contribution < -0.4 is 10.1 Å². The predicted molar refractivity (Wildman–Crippen MR) is 101 cm³/mol. The summed E-state index contributed by atoms with van der Waals surface area (Å²) in [7, 11) is 0. The molecule has 1 amide bonds. The highest BCUT2D eigenvalue weighted by molar-refractivity contribution is 6.01. The summed E-state index contributed by atoms with van der Waals surface area (Å²) in [4.78, 5) is 35.8. The molecule has 6 nitrogen and oxygen atoms in total. The second kappa shape index (κ2) is 9.91. The molecule has 0 aliphatic carbocycles. The summed E-state index contributed by atoms with van der Waals surface area (Å²) < 4.78 is 10.4. The average molecular weight is 367 g/mol. The van der Waals surface area contributed by atoms with E-state index < -0.39 is 18.5 Å². The number of rotatable bonds is 8. The fourth-order valence-electron chi connectivity index (χ4n) is 2.25. The molecule has 0 aliphatic rings. The van der Waals surface area contributed by atoms with Crippen LogP contribution in [0.2, 0.25) is 0 Å². The molecular weight excluding hydrogens is 346 g/mol. The summed E-state index contributed by atoms with van der Waals surface area (Å²) in [6.45, 7) is 3.26. The van der Waals surface area contributed by atoms with Gasteiger partial charge in [-0.1, -0.05) is 30.3 Å². The van der Waals surface area contributed by atoms with Gasteiger partial charge in [-0.2, -0.15) is 0 Å². The number of carbonyl (C=O) groups excluding carboxylic acids is 3. The van der Waals surface area contributed by atoms with Crippen LogP contribution in [-0.4, -0.2) is 30.9 Å². The average Bonchev–Trinajstić information content (AvgIpc) is 2.66. The van der Waals surface area contributed by atoms with E-state index in [9.17, 15) is 14.4 Å². The number of hydrogen-bond donors (Lipinski definition) is 1. The van der Waals surface area contributed by atoms with E-state index in [0.29, 0.717) is 17.9 Å². The number of hydrogen-bond acceptors (Lipinski definition) is 5. The summed E-state index contributed by atoms with van der Waals surface area (Å²) in [5.74, 6) is -0.890. The third-order valence-corrected chi connectivity index (χ3v) is 3.46. The molecule has 0 spiro atoms. The van der Waals surface area contributed by atoms with E-state index in [1.807, 2.05) is 13.0 Å². The van der Waals surface area contributed by atoms with E-state index in [0.717, 1.165) is 5.56 Å². The van der Waals surface area contributed by atoms with Gasteiger partial charge in [0.2, 0.25) is 5.91 Å². The second-order valence-corrected chi connectivity index (χ2v) is 5.61. The maximum absolute atomic E-state index is 12.3. The summed E-state index contributed by atoms with van der Waals surface area (Å²) in [5, 5.41) is 2.43. The maximum Gasteiger partial charge on any atom is 0.355 e. The molecular formula is C21H21NO5. The van der Waals surface area contributed by atoms with Gasteiger partial charge >= 0.3 is 5.97 Å². The highest BCUT2D eigenvalue weighted by Gasteiger charge is 2.15. The van der Waals surface area contributed by atoms with Gasteiger partial charge in [0, 0.05) is 12.5 Å². The second-order valence-electron chi connectivity index (χ2n) is 5.61. The Balaban J connectivity index is 2.03. The van der Waals surface area contributed by atoms with E-state index >= 15 is 0 Å². The van der Waals surface area contributed by atoms with Gasteiger partial charge < -0.3 is 14.8 Å². The zero-order chi connectivity index (χ0) is 19.6. The normalized spacial score (nSPS) is 10.8. The van der Waals surface area contributed by atoms with Gasteiger partial charge in [0.25, 0.3) is 0 Å². The maximum atomic E-state index is 12.3. The van der Waals surface area contributed by atoms with Crippen molar-refractivity contribution in [3.05, 3.63) is 71.4 Å². The van der Waals surface area contributed by atoms with E-state index in [1.54, 1.807) is 48.5 Å². The highest BCUT2D eigenvalue weighted by atomic mass is 16.5. The summed E-state index contributed by atoms with van der Waals surface area (Å²) in [6.07, 6.45) is 1.49. The van der Waals surface area contributed by atoms with Gasteiger partial charge in [0.05, 0.1) is 6.61 Å². The third kappa shape index (κ3) is 6.43. The van der Waals surface area contributed by atoms with Gasteiger partial charge in [-0.25, -0.2) is 4.79 Å². The molecule has 2 rings (SSSR count). The van der Waals surface area contributed by atoms with Gasteiger partial charge in [0.1, 0.15) is 11.4 Å². The molecule has 0 bridgehead atoms. The quantitative estimate of drug-likeness (QED) is 0.441. The summed E-state index contributed by atoms with van der Waals surface area (Å²) in [6, 6.07) is 15.6. The van der Waals surface area contributed by atoms with E-state index in [-0.39, 0.29) is 11.5 Å². The number of amides is 1. The lowest BCUT2D eigenvalue weighted by Crippen LogP contribution is -2.27. The van der Waals surface area contributed by atoms with Crippen molar-refractivity contribution in [2.24, 2.45) is 0 Å². The first kappa shape index (κ1) is 19.9. The fourth-order valence-corrected chi connectivity index (χ4v) is 2.25. The fraction of sp³-hybridized carbons (Fsp3) is 0.190. The van der Waals surface area contributed by atoms with Crippen molar-refractivity contribution in [3.8, 4) is 5.75 Å². The van der Waals surface area contributed by atoms with E-state index in [4.69, 9.17) is 9.47 Å². The molecule has 140 valence electrons. The SMILES string of the molecule is CCOc1ccc(C(=O)COC(=O)/C(=C/c2ccccc2)NC(C)=O)cc1. The van der Waals surface area contributed by atoms with E-state index in [2.05, 4.69) is 5.32 Å². The molecule has 0 saturated heterocycles. The van der Waals surface area contributed by atoms with Crippen LogP contribution in [0.3, 0.4) is 0 Å². The zero-order valence-corrected chi connectivity index (χ0v) is 15.2. The molecule has 0 radical (unpaired) electrons. The lowest BCUT2D eigenvalue weighted by Gasteiger charge is -2.09. The molecule has 2 aromatic carbocycles. The molecule has 0 atom stereocenters. The molecule has 27 heavy (non-hydrogen) atoms. The first-order valence-electron chi connectivity index (χ1n) is 8.47. The van der Waals surface area contributed by atoms with Crippen molar-refractivity contribution in [2.45, 2.75) is 13.8 Å². The number of ketones is 1. The zero-order valence-electron chi connectivity index (χ0n) is 15.2. The Morgan fingerprint density at radius 2 is 1.67 bits per heavy atom. The number of Topliss-reactive ketones (excluding diaryl/α,β-unsaturated/α-hetero) is 1. The van der Waals surface area contributed by atoms with Crippen LogP contribution in [0.4, 0.5) is 0 Å². The molecule has 0 aliphatic heterocycles. The highest BCUT2D eigenvalue weighted by Crippen LogP contribution is 2.13. The van der Waals surface area contributed by atoms with Gasteiger partial charge in [-0.05, 0) is 42.8 Å². The van der Waals surface area contributed by atoms with Crippen LogP contribution >= 0.6 is 0 Å². The molecule has 0 aromatic heterocycles. The molecule has 0 fully saturated rings. The number of esters is 1. The Labute approximate surface area is 157 Å². The van der Waals surface area contributed by atoms with Crippen molar-refractivity contribution in [2.75, 3.05) is 13.2 Å². The lowest BCUT2D eigenvalue weighted by atomic mass is 10.1. The third-order valence-electron chi connectivity index (χ3n) is 3.46. The lowest BCUT2D eigenvalue weighted by molar-refractivity contribution is -0.139. The number of ether oxygens (including phenoxy) is 2. The smallest absolute Gasteiger partial charge is 0.355 e. The number of carbonyl (C=O) groups is 3. The monoisotopic (exact) mass is 367 g/mol. The number of nitrogens with one attached hydrogen (secondary N) is 1. The molecule has 6 heteroatoms. The predicted octanol–water partition coefficient (Wildman–Crippen LogP) is 2.99. The van der Waals surface area contributed by atoms with Crippen molar-refractivity contribution >= 4 is 23.7 Å². The standard InChI is InChI=1S/C21H21NO5/c1-3-26-18-11-9-17(10-12-18)20(24)14-27-21(25)19(22-15(2)23)13-16-7-5-4-6-8-16/h4-13H,3,14H2,1-2H3,(H,22,23)/b19-13-. The number of benzene rings is 2. The van der Waals surface area contributed by atoms with Gasteiger partial charge in [-0.15, -0.1) is 0 Å². The van der Waals surface area contributed by atoms with Crippen LogP contribution in [0.1, 0.15) is 29.8 Å². The topological polar surface area (TPSA) is 81.7 Å². The summed E-state index contributed by atoms with van der Waals surface area (Å²) >= 11 is 0.